The SMILES string of the molecule is C.CC(C)(C)OC(=O)N1CCOc2ccc(NC=O)cc21.O=CNc1ccc2c(c1)N(Cc1cnc[nH]1)CCO2. The van der Waals surface area contributed by atoms with Gasteiger partial charge in [0, 0.05) is 17.6 Å². The molecule has 2 aromatic carbocycles. The molecule has 0 aliphatic carbocycles. The molecule has 3 heterocycles. The lowest BCUT2D eigenvalue weighted by atomic mass is 10.2. The fraction of sp³-hybridized carbons (Fsp3) is 0.357. The molecule has 12 nitrogen and oxygen atoms in total. The topological polar surface area (TPSA) is 138 Å². The Kier molecular flexibility index (Phi) is 9.96. The Morgan fingerprint density at radius 3 is 2.17 bits per heavy atom. The lowest BCUT2D eigenvalue weighted by Gasteiger charge is -2.31. The number of hydrogen-bond donors (Lipinski definition) is 3. The van der Waals surface area contributed by atoms with Crippen LogP contribution in [0, 0.1) is 0 Å². The summed E-state index contributed by atoms with van der Waals surface area (Å²) in [7, 11) is 0. The quantitative estimate of drug-likeness (QED) is 0.383. The van der Waals surface area contributed by atoms with E-state index in [1.54, 1.807) is 24.5 Å². The van der Waals surface area contributed by atoms with E-state index in [1.165, 1.54) is 4.90 Å². The van der Waals surface area contributed by atoms with Crippen LogP contribution in [0.1, 0.15) is 33.9 Å². The lowest BCUT2D eigenvalue weighted by Crippen LogP contribution is -2.41. The molecule has 5 rings (SSSR count). The first kappa shape index (κ1) is 29.8. The third-order valence-corrected chi connectivity index (χ3v) is 5.72. The zero-order valence-corrected chi connectivity index (χ0v) is 22.1. The molecule has 0 saturated carbocycles. The van der Waals surface area contributed by atoms with Crippen LogP contribution in [-0.4, -0.2) is 60.8 Å². The van der Waals surface area contributed by atoms with E-state index in [2.05, 4.69) is 25.5 Å². The lowest BCUT2D eigenvalue weighted by molar-refractivity contribution is -0.106. The largest absolute Gasteiger partial charge is 0.490 e. The Morgan fingerprint density at radius 1 is 1.00 bits per heavy atom. The van der Waals surface area contributed by atoms with Crippen molar-refractivity contribution in [1.29, 1.82) is 0 Å². The third kappa shape index (κ3) is 7.65. The molecule has 0 saturated heterocycles. The van der Waals surface area contributed by atoms with E-state index in [-0.39, 0.29) is 7.43 Å². The van der Waals surface area contributed by atoms with Gasteiger partial charge in [0.05, 0.1) is 43.0 Å². The highest BCUT2D eigenvalue weighted by Gasteiger charge is 2.28. The minimum Gasteiger partial charge on any atom is -0.490 e. The first-order chi connectivity index (χ1) is 18.8. The predicted molar refractivity (Wildman–Crippen MR) is 153 cm³/mol. The van der Waals surface area contributed by atoms with Crippen molar-refractivity contribution in [2.75, 3.05) is 46.7 Å². The van der Waals surface area contributed by atoms with Gasteiger partial charge in [0.25, 0.3) is 0 Å². The summed E-state index contributed by atoms with van der Waals surface area (Å²) in [4.78, 5) is 44.0. The third-order valence-electron chi connectivity index (χ3n) is 5.72. The number of carbonyl (C=O) groups excluding carboxylic acids is 3. The summed E-state index contributed by atoms with van der Waals surface area (Å²) in [6.45, 7) is 8.46. The van der Waals surface area contributed by atoms with Gasteiger partial charge >= 0.3 is 6.09 Å². The van der Waals surface area contributed by atoms with E-state index in [0.717, 1.165) is 35.9 Å². The summed E-state index contributed by atoms with van der Waals surface area (Å²) in [5.74, 6) is 1.43. The number of aromatic amines is 1. The summed E-state index contributed by atoms with van der Waals surface area (Å²) in [5, 5.41) is 5.20. The molecule has 3 aromatic rings. The van der Waals surface area contributed by atoms with Crippen molar-refractivity contribution in [1.82, 2.24) is 9.97 Å². The van der Waals surface area contributed by atoms with Crippen molar-refractivity contribution < 1.29 is 28.6 Å². The zero-order chi connectivity index (χ0) is 27.8. The number of H-pyrrole nitrogens is 1. The highest BCUT2D eigenvalue weighted by Crippen LogP contribution is 2.36. The van der Waals surface area contributed by atoms with Crippen LogP contribution in [0.15, 0.2) is 48.9 Å². The molecule has 3 amide bonds. The summed E-state index contributed by atoms with van der Waals surface area (Å²) >= 11 is 0. The number of benzene rings is 2. The maximum atomic E-state index is 12.2. The Labute approximate surface area is 233 Å². The molecule has 40 heavy (non-hydrogen) atoms. The number of nitrogens with one attached hydrogen (secondary N) is 3. The molecule has 2 aliphatic heterocycles. The van der Waals surface area contributed by atoms with E-state index in [0.29, 0.717) is 49.7 Å². The van der Waals surface area contributed by atoms with Crippen LogP contribution in [-0.2, 0) is 20.9 Å². The number of aromatic nitrogens is 2. The van der Waals surface area contributed by atoms with Gasteiger partial charge in [0.15, 0.2) is 0 Å². The van der Waals surface area contributed by atoms with Gasteiger partial charge in [0.1, 0.15) is 30.3 Å². The van der Waals surface area contributed by atoms with Crippen LogP contribution in [0.4, 0.5) is 27.5 Å². The number of hydrogen-bond acceptors (Lipinski definition) is 8. The van der Waals surface area contributed by atoms with Gasteiger partial charge in [-0.2, -0.15) is 0 Å². The van der Waals surface area contributed by atoms with Crippen LogP contribution in [0.2, 0.25) is 0 Å². The first-order valence-corrected chi connectivity index (χ1v) is 12.4. The molecule has 0 atom stereocenters. The number of anilines is 4. The van der Waals surface area contributed by atoms with Gasteiger partial charge < -0.3 is 34.7 Å². The van der Waals surface area contributed by atoms with Crippen LogP contribution >= 0.6 is 0 Å². The van der Waals surface area contributed by atoms with E-state index in [1.807, 2.05) is 45.2 Å². The number of ether oxygens (including phenoxy) is 3. The molecule has 2 aliphatic rings. The van der Waals surface area contributed by atoms with E-state index in [9.17, 15) is 14.4 Å². The average molecular weight is 553 g/mol. The van der Waals surface area contributed by atoms with Gasteiger partial charge in [-0.25, -0.2) is 9.78 Å². The van der Waals surface area contributed by atoms with Gasteiger partial charge in [0.2, 0.25) is 12.8 Å². The first-order valence-electron chi connectivity index (χ1n) is 12.4. The Balaban J connectivity index is 0.000000215. The normalized spacial score (nSPS) is 13.5. The van der Waals surface area contributed by atoms with Gasteiger partial charge in [-0.15, -0.1) is 0 Å². The second-order valence-electron chi connectivity index (χ2n) is 9.72. The van der Waals surface area contributed by atoms with Gasteiger partial charge in [-0.05, 0) is 57.2 Å². The molecule has 0 spiro atoms. The molecule has 1 aromatic heterocycles. The van der Waals surface area contributed by atoms with Gasteiger partial charge in [-0.3, -0.25) is 14.5 Å². The fourth-order valence-corrected chi connectivity index (χ4v) is 4.05. The second kappa shape index (κ2) is 13.4. The summed E-state index contributed by atoms with van der Waals surface area (Å²) in [5.41, 5.74) is 3.41. The van der Waals surface area contributed by atoms with Crippen LogP contribution in [0.3, 0.4) is 0 Å². The van der Waals surface area contributed by atoms with Crippen molar-refractivity contribution in [3.63, 3.8) is 0 Å². The van der Waals surface area contributed by atoms with Crippen molar-refractivity contribution in [3.05, 3.63) is 54.6 Å². The number of rotatable bonds is 6. The number of carbonyl (C=O) groups is 3. The molecule has 0 unspecified atom stereocenters. The minimum absolute atomic E-state index is 0. The highest BCUT2D eigenvalue weighted by atomic mass is 16.6. The smallest absolute Gasteiger partial charge is 0.415 e. The van der Waals surface area contributed by atoms with E-state index < -0.39 is 11.7 Å². The Hall–Kier alpha value is -4.74. The summed E-state index contributed by atoms with van der Waals surface area (Å²) in [6, 6.07) is 10.7. The molecule has 0 fully saturated rings. The summed E-state index contributed by atoms with van der Waals surface area (Å²) < 4.78 is 16.5. The maximum absolute atomic E-state index is 12.2. The Bertz CT molecular complexity index is 1290. The molecule has 12 heteroatoms. The van der Waals surface area contributed by atoms with E-state index >= 15 is 0 Å². The minimum atomic E-state index is -0.561. The van der Waals surface area contributed by atoms with Crippen LogP contribution in [0.25, 0.3) is 0 Å². The summed E-state index contributed by atoms with van der Waals surface area (Å²) in [6.07, 6.45) is 4.31. The number of fused-ring (bicyclic) bond motifs is 2. The fourth-order valence-electron chi connectivity index (χ4n) is 4.05. The monoisotopic (exact) mass is 552 g/mol. The van der Waals surface area contributed by atoms with Gasteiger partial charge in [-0.1, -0.05) is 7.43 Å². The predicted octanol–water partition coefficient (Wildman–Crippen LogP) is 4.40. The number of imidazole rings is 1. The molecule has 214 valence electrons. The highest BCUT2D eigenvalue weighted by molar-refractivity contribution is 5.92. The standard InChI is InChI=1S/C14H18N2O4.C13H14N4O2.CH4/c1-14(2,3)20-13(18)16-6-7-19-12-5-4-10(15-9-17)8-11(12)16;18-9-16-10-1-2-13-12(5-10)17(3-4-19-13)7-11-6-14-8-15-11;/h4-5,8-9H,6-7H2,1-3H3,(H,15,17);1-2,5-6,8-9H,3-4,7H2,(H,14,15)(H,16,18);1H4. The number of amides is 3. The average Bonchev–Trinajstić information content (AvgIpc) is 3.42. The van der Waals surface area contributed by atoms with Crippen molar-refractivity contribution in [3.8, 4) is 11.5 Å². The zero-order valence-electron chi connectivity index (χ0n) is 22.1. The molecule has 0 radical (unpaired) electrons. The van der Waals surface area contributed by atoms with Crippen LogP contribution < -0.4 is 29.9 Å². The Morgan fingerprint density at radius 2 is 1.60 bits per heavy atom. The van der Waals surface area contributed by atoms with E-state index in [4.69, 9.17) is 14.2 Å². The van der Waals surface area contributed by atoms with Crippen molar-refractivity contribution in [2.24, 2.45) is 0 Å². The molecule has 0 bridgehead atoms. The second-order valence-corrected chi connectivity index (χ2v) is 9.72. The maximum Gasteiger partial charge on any atom is 0.415 e. The molecular weight excluding hydrogens is 516 g/mol. The van der Waals surface area contributed by atoms with Crippen molar-refractivity contribution in [2.45, 2.75) is 40.3 Å². The molecule has 3 N–H and O–H groups in total. The number of nitrogens with zero attached hydrogens (tertiary/aromatic N) is 3. The van der Waals surface area contributed by atoms with Crippen molar-refractivity contribution >= 4 is 41.7 Å². The molecular formula is C28H36N6O6. The van der Waals surface area contributed by atoms with Crippen LogP contribution in [0.5, 0.6) is 11.5 Å².